The Kier molecular flexibility index (Phi) is 14.4. The number of hydrogen-bond acceptors (Lipinski definition) is 3. The molecule has 1 saturated carbocycles. The number of hydrogen-bond donors (Lipinski definition) is 0. The first-order valence-corrected chi connectivity index (χ1v) is 7.88. The van der Waals surface area contributed by atoms with E-state index in [1.54, 1.807) is 6.92 Å². The fourth-order valence-electron chi connectivity index (χ4n) is 2.24. The maximum Gasteiger partial charge on any atom is 0.0888 e. The Hall–Kier alpha value is -0.286. The maximum absolute atomic E-state index is 11.3. The second-order valence-electron chi connectivity index (χ2n) is 4.81. The van der Waals surface area contributed by atoms with E-state index < -0.39 is 0 Å². The van der Waals surface area contributed by atoms with E-state index in [9.17, 15) is 4.79 Å². The van der Waals surface area contributed by atoms with E-state index in [1.807, 2.05) is 32.4 Å². The molecule has 22 heavy (non-hydrogen) atoms. The van der Waals surface area contributed by atoms with E-state index in [1.165, 1.54) is 26.3 Å². The molecule has 0 spiro atoms. The van der Waals surface area contributed by atoms with Crippen molar-refractivity contribution >= 4 is 5.91 Å². The quantitative estimate of drug-likeness (QED) is 0.732. The number of rotatable bonds is 4. The molecular formula is C16H30N4OY-2. The summed E-state index contributed by atoms with van der Waals surface area (Å²) in [6.07, 6.45) is 4.09. The van der Waals surface area contributed by atoms with Crippen LogP contribution >= 0.6 is 0 Å². The van der Waals surface area contributed by atoms with Crippen LogP contribution in [0.1, 0.15) is 76.7 Å². The van der Waals surface area contributed by atoms with Crippen LogP contribution in [0.25, 0.3) is 5.32 Å². The molecule has 1 atom stereocenters. The summed E-state index contributed by atoms with van der Waals surface area (Å²) in [4.78, 5) is 11.3. The summed E-state index contributed by atoms with van der Waals surface area (Å²) in [5, 5.41) is 12.1. The van der Waals surface area contributed by atoms with Crippen molar-refractivity contribution in [2.45, 2.75) is 72.3 Å². The van der Waals surface area contributed by atoms with E-state index in [4.69, 9.17) is 0 Å². The number of aromatic nitrogens is 3. The molecule has 1 aromatic rings. The summed E-state index contributed by atoms with van der Waals surface area (Å²) in [5.41, 5.74) is 2.04. The molecule has 0 saturated heterocycles. The van der Waals surface area contributed by atoms with Crippen molar-refractivity contribution in [1.29, 1.82) is 0 Å². The van der Waals surface area contributed by atoms with Crippen molar-refractivity contribution in [3.63, 3.8) is 0 Å². The van der Waals surface area contributed by atoms with Crippen molar-refractivity contribution in [3.05, 3.63) is 23.6 Å². The Labute approximate surface area is 160 Å². The monoisotopic (exact) mass is 383 g/mol. The summed E-state index contributed by atoms with van der Waals surface area (Å²) in [6, 6.07) is 0.523. The fraction of sp³-hybridized carbons (Fsp3) is 0.750. The summed E-state index contributed by atoms with van der Waals surface area (Å²) in [5.74, 6) is 0.0233. The second-order valence-corrected chi connectivity index (χ2v) is 4.81. The first kappa shape index (κ1) is 24.0. The molecule has 0 bridgehead atoms. The van der Waals surface area contributed by atoms with Gasteiger partial charge < -0.3 is 17.0 Å². The van der Waals surface area contributed by atoms with Crippen LogP contribution in [-0.4, -0.2) is 27.9 Å². The summed E-state index contributed by atoms with van der Waals surface area (Å²) in [7, 11) is 1.53. The fourth-order valence-corrected chi connectivity index (χ4v) is 2.24. The molecule has 0 aromatic carbocycles. The van der Waals surface area contributed by atoms with Gasteiger partial charge in [-0.2, -0.15) is 6.92 Å². The zero-order chi connectivity index (χ0) is 16.4. The molecule has 1 fully saturated rings. The molecule has 1 aliphatic carbocycles. The van der Waals surface area contributed by atoms with Crippen LogP contribution < -0.4 is 0 Å². The van der Waals surface area contributed by atoms with E-state index in [-0.39, 0.29) is 44.5 Å². The van der Waals surface area contributed by atoms with Gasteiger partial charge in [-0.3, -0.25) is 0 Å². The van der Waals surface area contributed by atoms with Gasteiger partial charge in [0.1, 0.15) is 0 Å². The minimum absolute atomic E-state index is 0. The predicted octanol–water partition coefficient (Wildman–Crippen LogP) is 4.20. The minimum atomic E-state index is -0.0740. The van der Waals surface area contributed by atoms with Gasteiger partial charge in [-0.05, 0) is 32.6 Å². The average molecular weight is 383 g/mol. The van der Waals surface area contributed by atoms with Crippen LogP contribution in [0.2, 0.25) is 0 Å². The predicted molar refractivity (Wildman–Crippen MR) is 87.3 cm³/mol. The topological polar surface area (TPSA) is 61.9 Å². The maximum atomic E-state index is 11.3. The molecule has 1 radical (unpaired) electrons. The van der Waals surface area contributed by atoms with Gasteiger partial charge in [0, 0.05) is 38.6 Å². The zero-order valence-corrected chi connectivity index (χ0v) is 17.8. The van der Waals surface area contributed by atoms with Gasteiger partial charge in [-0.15, -0.1) is 12.1 Å². The average Bonchev–Trinajstić information content (AvgIpc) is 2.83. The van der Waals surface area contributed by atoms with Crippen LogP contribution in [0.3, 0.4) is 0 Å². The van der Waals surface area contributed by atoms with Gasteiger partial charge in [-0.1, -0.05) is 26.0 Å². The van der Waals surface area contributed by atoms with E-state index in [0.717, 1.165) is 11.4 Å². The molecule has 0 aliphatic heterocycles. The van der Waals surface area contributed by atoms with Gasteiger partial charge in [0.25, 0.3) is 0 Å². The largest absolute Gasteiger partial charge is 0.656 e. The van der Waals surface area contributed by atoms with Gasteiger partial charge in [0.2, 0.25) is 0 Å². The zero-order valence-electron chi connectivity index (χ0n) is 15.0. The van der Waals surface area contributed by atoms with Crippen molar-refractivity contribution in [2.75, 3.05) is 7.05 Å². The van der Waals surface area contributed by atoms with Gasteiger partial charge >= 0.3 is 0 Å². The molecule has 1 aromatic heterocycles. The van der Waals surface area contributed by atoms with Gasteiger partial charge in [0.15, 0.2) is 0 Å². The Morgan fingerprint density at radius 1 is 1.41 bits per heavy atom. The van der Waals surface area contributed by atoms with Crippen molar-refractivity contribution in [3.8, 4) is 0 Å². The number of carbonyl (C=O) groups excluding carboxylic acids is 1. The van der Waals surface area contributed by atoms with Crippen LogP contribution in [0.15, 0.2) is 0 Å². The van der Waals surface area contributed by atoms with E-state index >= 15 is 0 Å². The molecule has 125 valence electrons. The third-order valence-corrected chi connectivity index (χ3v) is 3.58. The van der Waals surface area contributed by atoms with Gasteiger partial charge in [-0.25, -0.2) is 4.68 Å². The van der Waals surface area contributed by atoms with E-state index in [0.29, 0.717) is 12.5 Å². The SMILES string of the molecule is CC.C[N-]C(=O)CC(C)c1nnn(C2CCC2)c1C.[CH2-]C.[Y]. The van der Waals surface area contributed by atoms with E-state index in [2.05, 4.69) is 22.6 Å². The number of carbonyl (C=O) groups is 1. The molecule has 1 amide bonds. The van der Waals surface area contributed by atoms with Crippen LogP contribution in [0.5, 0.6) is 0 Å². The van der Waals surface area contributed by atoms with Crippen molar-refractivity contribution < 1.29 is 37.5 Å². The van der Waals surface area contributed by atoms with Crippen LogP contribution in [-0.2, 0) is 37.5 Å². The Bertz CT molecular complexity index is 416. The Morgan fingerprint density at radius 2 is 1.95 bits per heavy atom. The van der Waals surface area contributed by atoms with Gasteiger partial charge in [0.05, 0.1) is 23.3 Å². The normalized spacial score (nSPS) is 14.1. The summed E-state index contributed by atoms with van der Waals surface area (Å²) >= 11 is 0. The third-order valence-electron chi connectivity index (χ3n) is 3.58. The van der Waals surface area contributed by atoms with Crippen LogP contribution in [0, 0.1) is 13.8 Å². The molecule has 1 unspecified atom stereocenters. The van der Waals surface area contributed by atoms with Crippen LogP contribution in [0.4, 0.5) is 0 Å². The molecule has 6 heteroatoms. The minimum Gasteiger partial charge on any atom is -0.656 e. The molecule has 1 aliphatic rings. The molecule has 5 nitrogen and oxygen atoms in total. The summed E-state index contributed by atoms with van der Waals surface area (Å²) < 4.78 is 2.02. The smallest absolute Gasteiger partial charge is 0.0888 e. The second kappa shape index (κ2) is 13.2. The number of nitrogens with zero attached hydrogens (tertiary/aromatic N) is 4. The van der Waals surface area contributed by atoms with Crippen molar-refractivity contribution in [2.24, 2.45) is 0 Å². The first-order chi connectivity index (χ1) is 10.1. The van der Waals surface area contributed by atoms with Crippen molar-refractivity contribution in [1.82, 2.24) is 15.0 Å². The first-order valence-electron chi connectivity index (χ1n) is 7.88. The standard InChI is InChI=1S/C12H20N4O.C2H6.C2H5.Y/c1-8(7-11(17)13-3)12-9(2)16(15-14-12)10-5-4-6-10;2*1-2;/h8,10H,4-7H2,1-3H3,(H,13,17);1-2H3;1H2,2H3;/q;;-1;/p-1. The molecular weight excluding hydrogens is 353 g/mol. The molecule has 1 heterocycles. The summed E-state index contributed by atoms with van der Waals surface area (Å²) in [6.45, 7) is 13.0. The Balaban J connectivity index is 0. The third kappa shape index (κ3) is 6.45. The Morgan fingerprint density at radius 3 is 2.36 bits per heavy atom. The molecule has 0 N–H and O–H groups in total. The molecule has 2 rings (SSSR count). The number of amides is 1.